The molecule has 0 spiro atoms. The average Bonchev–Trinajstić information content (AvgIpc) is 2.33. The molecule has 0 aromatic heterocycles. The van der Waals surface area contributed by atoms with Crippen LogP contribution in [0.4, 0.5) is 0 Å². The number of carboxylic acids is 1. The van der Waals surface area contributed by atoms with E-state index in [1.165, 1.54) is 0 Å². The van der Waals surface area contributed by atoms with Crippen LogP contribution in [0.25, 0.3) is 0 Å². The van der Waals surface area contributed by atoms with Gasteiger partial charge in [-0.15, -0.1) is 0 Å². The minimum absolute atomic E-state index is 0.311. The van der Waals surface area contributed by atoms with Crippen LogP contribution in [-0.2, 0) is 9.53 Å². The van der Waals surface area contributed by atoms with E-state index in [0.29, 0.717) is 11.8 Å². The van der Waals surface area contributed by atoms with Crippen LogP contribution in [0.3, 0.4) is 0 Å². The van der Waals surface area contributed by atoms with Gasteiger partial charge in [-0.2, -0.15) is 0 Å². The standard InChI is InChI=1S/C16H33NO3/c1-6-11-17-16(5,14(18)19)9-7-8-12-20-13-10-15(2,3)4/h17H,6-13H2,1-5H3,(H,18,19). The van der Waals surface area contributed by atoms with Crippen LogP contribution in [0.2, 0.25) is 0 Å². The molecule has 0 amide bonds. The summed E-state index contributed by atoms with van der Waals surface area (Å²) in [6.07, 6.45) is 4.43. The molecule has 20 heavy (non-hydrogen) atoms. The van der Waals surface area contributed by atoms with Gasteiger partial charge >= 0.3 is 5.97 Å². The maximum absolute atomic E-state index is 11.3. The number of nitrogens with one attached hydrogen (secondary N) is 1. The number of carboxylic acid groups (broad SMARTS) is 1. The number of unbranched alkanes of at least 4 members (excludes halogenated alkanes) is 1. The molecule has 0 aliphatic rings. The highest BCUT2D eigenvalue weighted by Crippen LogP contribution is 2.18. The van der Waals surface area contributed by atoms with Crippen LogP contribution < -0.4 is 5.32 Å². The SMILES string of the molecule is CCCNC(C)(CCCCOCCC(C)(C)C)C(=O)O. The lowest BCUT2D eigenvalue weighted by Crippen LogP contribution is -2.49. The summed E-state index contributed by atoms with van der Waals surface area (Å²) in [4.78, 5) is 11.3. The summed E-state index contributed by atoms with van der Waals surface area (Å²) in [6, 6.07) is 0. The van der Waals surface area contributed by atoms with Gasteiger partial charge in [-0.25, -0.2) is 0 Å². The molecule has 0 rings (SSSR count). The van der Waals surface area contributed by atoms with E-state index in [2.05, 4.69) is 26.1 Å². The van der Waals surface area contributed by atoms with E-state index in [9.17, 15) is 9.90 Å². The second kappa shape index (κ2) is 9.35. The summed E-state index contributed by atoms with van der Waals surface area (Å²) in [7, 11) is 0. The van der Waals surface area contributed by atoms with Gasteiger partial charge < -0.3 is 15.2 Å². The first-order valence-electron chi connectivity index (χ1n) is 7.77. The molecule has 0 saturated carbocycles. The second-order valence-electron chi connectivity index (χ2n) is 6.94. The van der Waals surface area contributed by atoms with E-state index in [-0.39, 0.29) is 0 Å². The molecule has 0 fully saturated rings. The molecule has 0 aromatic rings. The highest BCUT2D eigenvalue weighted by molar-refractivity contribution is 5.78. The zero-order chi connectivity index (χ0) is 15.6. The number of hydrogen-bond donors (Lipinski definition) is 2. The minimum atomic E-state index is -0.804. The molecule has 2 N–H and O–H groups in total. The van der Waals surface area contributed by atoms with Crippen molar-refractivity contribution in [1.82, 2.24) is 5.32 Å². The first-order valence-corrected chi connectivity index (χ1v) is 7.77. The molecular formula is C16H33NO3. The normalized spacial score (nSPS) is 15.1. The Morgan fingerprint density at radius 3 is 2.25 bits per heavy atom. The third-order valence-electron chi connectivity index (χ3n) is 3.45. The predicted octanol–water partition coefficient (Wildman–Crippen LogP) is 3.45. The third kappa shape index (κ3) is 9.32. The van der Waals surface area contributed by atoms with Gasteiger partial charge in [-0.05, 0) is 51.0 Å². The first kappa shape index (κ1) is 19.4. The summed E-state index contributed by atoms with van der Waals surface area (Å²) >= 11 is 0. The highest BCUT2D eigenvalue weighted by atomic mass is 16.5. The Balaban J connectivity index is 3.77. The van der Waals surface area contributed by atoms with E-state index < -0.39 is 11.5 Å². The van der Waals surface area contributed by atoms with Crippen molar-refractivity contribution < 1.29 is 14.6 Å². The van der Waals surface area contributed by atoms with Gasteiger partial charge in [0.15, 0.2) is 0 Å². The maximum atomic E-state index is 11.3. The van der Waals surface area contributed by atoms with E-state index in [4.69, 9.17) is 4.74 Å². The lowest BCUT2D eigenvalue weighted by molar-refractivity contribution is -0.144. The number of aliphatic carboxylic acids is 1. The summed E-state index contributed by atoms with van der Waals surface area (Å²) in [6.45, 7) is 12.7. The van der Waals surface area contributed by atoms with Crippen LogP contribution in [0, 0.1) is 5.41 Å². The van der Waals surface area contributed by atoms with Crippen molar-refractivity contribution in [2.45, 2.75) is 72.3 Å². The molecule has 0 aliphatic heterocycles. The quantitative estimate of drug-likeness (QED) is 0.571. The Kier molecular flexibility index (Phi) is 9.06. The molecule has 0 aromatic carbocycles. The van der Waals surface area contributed by atoms with Crippen molar-refractivity contribution in [2.24, 2.45) is 5.41 Å². The largest absolute Gasteiger partial charge is 0.480 e. The molecule has 0 heterocycles. The van der Waals surface area contributed by atoms with Crippen LogP contribution in [0.15, 0.2) is 0 Å². The van der Waals surface area contributed by atoms with Crippen LogP contribution >= 0.6 is 0 Å². The van der Waals surface area contributed by atoms with Crippen molar-refractivity contribution in [3.05, 3.63) is 0 Å². The van der Waals surface area contributed by atoms with E-state index in [0.717, 1.165) is 45.4 Å². The molecule has 1 atom stereocenters. The molecule has 1 unspecified atom stereocenters. The van der Waals surface area contributed by atoms with Gasteiger partial charge in [0.1, 0.15) is 5.54 Å². The molecular weight excluding hydrogens is 254 g/mol. The Hall–Kier alpha value is -0.610. The fraction of sp³-hybridized carbons (Fsp3) is 0.938. The minimum Gasteiger partial charge on any atom is -0.480 e. The van der Waals surface area contributed by atoms with Crippen molar-refractivity contribution >= 4 is 5.97 Å². The second-order valence-corrected chi connectivity index (χ2v) is 6.94. The Bertz CT molecular complexity index is 273. The Morgan fingerprint density at radius 2 is 1.75 bits per heavy atom. The zero-order valence-electron chi connectivity index (χ0n) is 13.9. The number of ether oxygens (including phenoxy) is 1. The lowest BCUT2D eigenvalue weighted by atomic mass is 9.93. The van der Waals surface area contributed by atoms with E-state index in [1.54, 1.807) is 6.92 Å². The molecule has 0 radical (unpaired) electrons. The maximum Gasteiger partial charge on any atom is 0.323 e. The molecule has 0 saturated heterocycles. The van der Waals surface area contributed by atoms with Crippen molar-refractivity contribution in [3.8, 4) is 0 Å². The number of hydrogen-bond acceptors (Lipinski definition) is 3. The fourth-order valence-corrected chi connectivity index (χ4v) is 1.83. The first-order chi connectivity index (χ1) is 9.21. The molecule has 0 bridgehead atoms. The predicted molar refractivity (Wildman–Crippen MR) is 83.1 cm³/mol. The average molecular weight is 287 g/mol. The summed E-state index contributed by atoms with van der Waals surface area (Å²) in [5, 5.41) is 12.4. The summed E-state index contributed by atoms with van der Waals surface area (Å²) < 4.78 is 5.60. The van der Waals surface area contributed by atoms with Gasteiger partial charge in [0, 0.05) is 13.2 Å². The Morgan fingerprint density at radius 1 is 1.10 bits per heavy atom. The van der Waals surface area contributed by atoms with E-state index in [1.807, 2.05) is 6.92 Å². The molecule has 4 nitrogen and oxygen atoms in total. The smallest absolute Gasteiger partial charge is 0.323 e. The molecule has 0 aliphatic carbocycles. The molecule has 4 heteroatoms. The van der Waals surface area contributed by atoms with Crippen molar-refractivity contribution in [3.63, 3.8) is 0 Å². The lowest BCUT2D eigenvalue weighted by Gasteiger charge is -2.26. The number of carbonyl (C=O) groups is 1. The van der Waals surface area contributed by atoms with Gasteiger partial charge in [0.05, 0.1) is 0 Å². The van der Waals surface area contributed by atoms with Gasteiger partial charge in [0.25, 0.3) is 0 Å². The third-order valence-corrected chi connectivity index (χ3v) is 3.45. The van der Waals surface area contributed by atoms with Crippen LogP contribution in [0.5, 0.6) is 0 Å². The fourth-order valence-electron chi connectivity index (χ4n) is 1.83. The van der Waals surface area contributed by atoms with Gasteiger partial charge in [-0.3, -0.25) is 4.79 Å². The highest BCUT2D eigenvalue weighted by Gasteiger charge is 2.31. The summed E-state index contributed by atoms with van der Waals surface area (Å²) in [5.41, 5.74) is -0.493. The van der Waals surface area contributed by atoms with Crippen LogP contribution in [0.1, 0.15) is 66.7 Å². The van der Waals surface area contributed by atoms with Crippen molar-refractivity contribution in [2.75, 3.05) is 19.8 Å². The topological polar surface area (TPSA) is 58.6 Å². The molecule has 120 valence electrons. The Labute approximate surface area is 124 Å². The van der Waals surface area contributed by atoms with Gasteiger partial charge in [0.2, 0.25) is 0 Å². The monoisotopic (exact) mass is 287 g/mol. The number of rotatable bonds is 11. The summed E-state index contributed by atoms with van der Waals surface area (Å²) in [5.74, 6) is -0.764. The zero-order valence-corrected chi connectivity index (χ0v) is 13.9. The van der Waals surface area contributed by atoms with Crippen molar-refractivity contribution in [1.29, 1.82) is 0 Å². The van der Waals surface area contributed by atoms with Crippen LogP contribution in [-0.4, -0.2) is 36.4 Å². The van der Waals surface area contributed by atoms with E-state index >= 15 is 0 Å². The van der Waals surface area contributed by atoms with Gasteiger partial charge in [-0.1, -0.05) is 27.7 Å².